The quantitative estimate of drug-likeness (QED) is 0.669. The van der Waals surface area contributed by atoms with Crippen molar-refractivity contribution in [3.8, 4) is 0 Å². The maximum absolute atomic E-state index is 11.4. The smallest absolute Gasteiger partial charge is 0.257 e. The van der Waals surface area contributed by atoms with E-state index in [1.165, 1.54) is 6.20 Å². The number of H-pyrrole nitrogens is 1. The normalized spacial score (nSPS) is 9.42. The van der Waals surface area contributed by atoms with Crippen LogP contribution in [-0.4, -0.2) is 34.6 Å². The molecule has 4 heteroatoms. The van der Waals surface area contributed by atoms with Crippen LogP contribution < -0.4 is 0 Å². The van der Waals surface area contributed by atoms with Crippen LogP contribution in [0.1, 0.15) is 10.4 Å². The Hall–Kier alpha value is -1.58. The van der Waals surface area contributed by atoms with Crippen molar-refractivity contribution < 1.29 is 4.79 Å². The molecule has 0 fully saturated rings. The Kier molecular flexibility index (Phi) is 2.63. The molecular weight excluding hydrogens is 154 g/mol. The molecule has 0 unspecified atom stereocenters. The lowest BCUT2D eigenvalue weighted by molar-refractivity contribution is 0.0810. The first-order valence-corrected chi connectivity index (χ1v) is 3.61. The van der Waals surface area contributed by atoms with Crippen LogP contribution in [0.2, 0.25) is 0 Å². The van der Waals surface area contributed by atoms with Gasteiger partial charge in [-0.1, -0.05) is 6.08 Å². The number of nitrogens with one attached hydrogen (secondary N) is 1. The first kappa shape index (κ1) is 8.52. The zero-order valence-corrected chi connectivity index (χ0v) is 6.95. The highest BCUT2D eigenvalue weighted by Crippen LogP contribution is 1.99. The van der Waals surface area contributed by atoms with E-state index in [0.717, 1.165) is 0 Å². The molecule has 0 spiro atoms. The summed E-state index contributed by atoms with van der Waals surface area (Å²) < 4.78 is 0. The van der Waals surface area contributed by atoms with Gasteiger partial charge in [0, 0.05) is 19.8 Å². The minimum atomic E-state index is -0.0522. The van der Waals surface area contributed by atoms with Gasteiger partial charge in [-0.25, -0.2) is 0 Å². The number of aromatic amines is 1. The van der Waals surface area contributed by atoms with Crippen LogP contribution >= 0.6 is 0 Å². The summed E-state index contributed by atoms with van der Waals surface area (Å²) in [7, 11) is 1.72. The third-order valence-electron chi connectivity index (χ3n) is 1.49. The Morgan fingerprint density at radius 3 is 3.17 bits per heavy atom. The molecule has 1 aromatic heterocycles. The molecule has 0 atom stereocenters. The topological polar surface area (TPSA) is 49.0 Å². The standard InChI is InChI=1S/C8H11N3O/c1-3-4-11(2)8(12)7-5-9-10-6-7/h3,5-6H,1,4H2,2H3,(H,9,10). The Labute approximate surface area is 70.9 Å². The lowest BCUT2D eigenvalue weighted by Crippen LogP contribution is -2.26. The molecule has 1 N–H and O–H groups in total. The fourth-order valence-electron chi connectivity index (χ4n) is 0.865. The van der Waals surface area contributed by atoms with E-state index >= 15 is 0 Å². The summed E-state index contributed by atoms with van der Waals surface area (Å²) in [4.78, 5) is 13.0. The molecule has 0 saturated carbocycles. The summed E-state index contributed by atoms with van der Waals surface area (Å²) in [6, 6.07) is 0. The van der Waals surface area contributed by atoms with Crippen LogP contribution in [0.25, 0.3) is 0 Å². The number of likely N-dealkylation sites (N-methyl/N-ethyl adjacent to an activating group) is 1. The van der Waals surface area contributed by atoms with Gasteiger partial charge < -0.3 is 4.90 Å². The van der Waals surface area contributed by atoms with Crippen molar-refractivity contribution in [2.75, 3.05) is 13.6 Å². The van der Waals surface area contributed by atoms with Crippen molar-refractivity contribution >= 4 is 5.91 Å². The summed E-state index contributed by atoms with van der Waals surface area (Å²) in [5, 5.41) is 6.27. The molecule has 0 aliphatic carbocycles. The van der Waals surface area contributed by atoms with Crippen molar-refractivity contribution in [3.05, 3.63) is 30.6 Å². The maximum Gasteiger partial charge on any atom is 0.257 e. The summed E-state index contributed by atoms with van der Waals surface area (Å²) in [5.41, 5.74) is 0.569. The van der Waals surface area contributed by atoms with Gasteiger partial charge in [0.05, 0.1) is 11.8 Å². The van der Waals surface area contributed by atoms with E-state index in [9.17, 15) is 4.79 Å². The van der Waals surface area contributed by atoms with Gasteiger partial charge in [-0.05, 0) is 0 Å². The van der Waals surface area contributed by atoms with E-state index in [1.807, 2.05) is 0 Å². The number of carbonyl (C=O) groups excluding carboxylic acids is 1. The van der Waals surface area contributed by atoms with Crippen molar-refractivity contribution in [2.45, 2.75) is 0 Å². The van der Waals surface area contributed by atoms with Gasteiger partial charge in [-0.15, -0.1) is 6.58 Å². The Bertz CT molecular complexity index is 266. The van der Waals surface area contributed by atoms with Crippen LogP contribution in [0.3, 0.4) is 0 Å². The first-order chi connectivity index (χ1) is 5.75. The largest absolute Gasteiger partial charge is 0.338 e. The number of carbonyl (C=O) groups is 1. The predicted molar refractivity (Wildman–Crippen MR) is 45.7 cm³/mol. The van der Waals surface area contributed by atoms with Crippen molar-refractivity contribution in [1.29, 1.82) is 0 Å². The molecule has 0 saturated heterocycles. The number of rotatable bonds is 3. The molecule has 0 aromatic carbocycles. The van der Waals surface area contributed by atoms with Crippen LogP contribution in [0, 0.1) is 0 Å². The number of hydrogen-bond acceptors (Lipinski definition) is 2. The Morgan fingerprint density at radius 2 is 2.67 bits per heavy atom. The fraction of sp³-hybridized carbons (Fsp3) is 0.250. The molecule has 64 valence electrons. The van der Waals surface area contributed by atoms with E-state index in [1.54, 1.807) is 24.2 Å². The van der Waals surface area contributed by atoms with E-state index in [0.29, 0.717) is 12.1 Å². The highest BCUT2D eigenvalue weighted by atomic mass is 16.2. The molecule has 1 heterocycles. The summed E-state index contributed by atoms with van der Waals surface area (Å²) in [6.07, 6.45) is 4.75. The van der Waals surface area contributed by atoms with Gasteiger partial charge in [-0.2, -0.15) is 5.10 Å². The van der Waals surface area contributed by atoms with Crippen molar-refractivity contribution in [1.82, 2.24) is 15.1 Å². The van der Waals surface area contributed by atoms with Crippen molar-refractivity contribution in [3.63, 3.8) is 0 Å². The molecule has 0 aliphatic heterocycles. The average molecular weight is 165 g/mol. The molecule has 0 bridgehead atoms. The highest BCUT2D eigenvalue weighted by Gasteiger charge is 2.10. The monoisotopic (exact) mass is 165 g/mol. The van der Waals surface area contributed by atoms with E-state index in [2.05, 4.69) is 16.8 Å². The van der Waals surface area contributed by atoms with Crippen molar-refractivity contribution in [2.24, 2.45) is 0 Å². The molecule has 4 nitrogen and oxygen atoms in total. The predicted octanol–water partition coefficient (Wildman–Crippen LogP) is 0.668. The summed E-state index contributed by atoms with van der Waals surface area (Å²) in [6.45, 7) is 4.09. The third kappa shape index (κ3) is 1.72. The summed E-state index contributed by atoms with van der Waals surface area (Å²) in [5.74, 6) is -0.0522. The molecular formula is C8H11N3O. The molecule has 0 radical (unpaired) electrons. The maximum atomic E-state index is 11.4. The number of nitrogens with zero attached hydrogens (tertiary/aromatic N) is 2. The Morgan fingerprint density at radius 1 is 1.92 bits per heavy atom. The van der Waals surface area contributed by atoms with Crippen LogP contribution in [-0.2, 0) is 0 Å². The molecule has 1 aromatic rings. The molecule has 12 heavy (non-hydrogen) atoms. The zero-order valence-electron chi connectivity index (χ0n) is 6.95. The Balaban J connectivity index is 2.65. The lowest BCUT2D eigenvalue weighted by Gasteiger charge is -2.12. The second kappa shape index (κ2) is 3.71. The SMILES string of the molecule is C=CCN(C)C(=O)c1cn[nH]c1. The molecule has 0 aliphatic rings. The van der Waals surface area contributed by atoms with Gasteiger partial charge in [0.1, 0.15) is 0 Å². The van der Waals surface area contributed by atoms with Crippen LogP contribution in [0.15, 0.2) is 25.0 Å². The van der Waals surface area contributed by atoms with E-state index < -0.39 is 0 Å². The minimum absolute atomic E-state index is 0.0522. The minimum Gasteiger partial charge on any atom is -0.338 e. The zero-order chi connectivity index (χ0) is 8.97. The first-order valence-electron chi connectivity index (χ1n) is 3.61. The van der Waals surface area contributed by atoms with Gasteiger partial charge in [-0.3, -0.25) is 9.89 Å². The fourth-order valence-corrected chi connectivity index (χ4v) is 0.865. The summed E-state index contributed by atoms with van der Waals surface area (Å²) >= 11 is 0. The van der Waals surface area contributed by atoms with Gasteiger partial charge >= 0.3 is 0 Å². The van der Waals surface area contributed by atoms with Crippen LogP contribution in [0.4, 0.5) is 0 Å². The van der Waals surface area contributed by atoms with Crippen LogP contribution in [0.5, 0.6) is 0 Å². The van der Waals surface area contributed by atoms with E-state index in [4.69, 9.17) is 0 Å². The lowest BCUT2D eigenvalue weighted by atomic mass is 10.3. The van der Waals surface area contributed by atoms with Gasteiger partial charge in [0.15, 0.2) is 0 Å². The highest BCUT2D eigenvalue weighted by molar-refractivity contribution is 5.93. The van der Waals surface area contributed by atoms with E-state index in [-0.39, 0.29) is 5.91 Å². The third-order valence-corrected chi connectivity index (χ3v) is 1.49. The number of amides is 1. The number of aromatic nitrogens is 2. The average Bonchev–Trinajstić information content (AvgIpc) is 2.55. The number of hydrogen-bond donors (Lipinski definition) is 1. The molecule has 1 rings (SSSR count). The second-order valence-corrected chi connectivity index (χ2v) is 2.46. The van der Waals surface area contributed by atoms with Gasteiger partial charge in [0.2, 0.25) is 0 Å². The van der Waals surface area contributed by atoms with Gasteiger partial charge in [0.25, 0.3) is 5.91 Å². The molecule has 1 amide bonds. The second-order valence-electron chi connectivity index (χ2n) is 2.46.